The van der Waals surface area contributed by atoms with E-state index in [9.17, 15) is 0 Å². The molecule has 2 fully saturated rings. The lowest BCUT2D eigenvalue weighted by atomic mass is 9.68. The molecule has 0 saturated heterocycles. The summed E-state index contributed by atoms with van der Waals surface area (Å²) in [5.74, 6) is 0.878. The highest BCUT2D eigenvalue weighted by Gasteiger charge is 2.38. The summed E-state index contributed by atoms with van der Waals surface area (Å²) in [4.78, 5) is 2.78. The normalized spacial score (nSPS) is 36.3. The van der Waals surface area contributed by atoms with Crippen LogP contribution in [-0.2, 0) is 0 Å². The van der Waals surface area contributed by atoms with Crippen LogP contribution in [0.2, 0.25) is 0 Å². The second-order valence-corrected chi connectivity index (χ2v) is 8.28. The van der Waals surface area contributed by atoms with Crippen LogP contribution >= 0.6 is 0 Å². The molecule has 20 heavy (non-hydrogen) atoms. The third kappa shape index (κ3) is 3.76. The summed E-state index contributed by atoms with van der Waals surface area (Å²) in [7, 11) is 4.53. The van der Waals surface area contributed by atoms with Crippen molar-refractivity contribution in [2.45, 2.75) is 90.3 Å². The first kappa shape index (κ1) is 16.3. The van der Waals surface area contributed by atoms with Crippen molar-refractivity contribution >= 4 is 0 Å². The predicted molar refractivity (Wildman–Crippen MR) is 88.1 cm³/mol. The van der Waals surface area contributed by atoms with E-state index in [0.717, 1.165) is 24.0 Å². The fourth-order valence-electron chi connectivity index (χ4n) is 4.65. The van der Waals surface area contributed by atoms with Gasteiger partial charge in [0.2, 0.25) is 0 Å². The van der Waals surface area contributed by atoms with Gasteiger partial charge in [-0.15, -0.1) is 0 Å². The van der Waals surface area contributed by atoms with E-state index in [4.69, 9.17) is 0 Å². The van der Waals surface area contributed by atoms with Gasteiger partial charge in [-0.3, -0.25) is 0 Å². The molecule has 0 spiro atoms. The second kappa shape index (κ2) is 6.79. The molecule has 2 aliphatic rings. The summed E-state index contributed by atoms with van der Waals surface area (Å²) in [6.45, 7) is 7.34. The number of hydrogen-bond donors (Lipinski definition) is 1. The summed E-state index contributed by atoms with van der Waals surface area (Å²) in [5, 5.41) is 3.46. The van der Waals surface area contributed by atoms with Gasteiger partial charge in [-0.25, -0.2) is 0 Å². The van der Waals surface area contributed by atoms with Crippen molar-refractivity contribution in [3.8, 4) is 0 Å². The zero-order valence-corrected chi connectivity index (χ0v) is 14.4. The van der Waals surface area contributed by atoms with Crippen LogP contribution in [0.25, 0.3) is 0 Å². The minimum absolute atomic E-state index is 0.460. The topological polar surface area (TPSA) is 15.3 Å². The number of rotatable bonds is 3. The molecule has 2 aliphatic carbocycles. The van der Waals surface area contributed by atoms with Crippen molar-refractivity contribution in [3.05, 3.63) is 0 Å². The third-order valence-corrected chi connectivity index (χ3v) is 6.05. The van der Waals surface area contributed by atoms with Crippen molar-refractivity contribution in [2.75, 3.05) is 14.1 Å². The SMILES string of the molecule is CNC1CCC(N(C)C2CCCCC2C(C)(C)C)CC1. The van der Waals surface area contributed by atoms with Gasteiger partial charge in [-0.05, 0) is 64.0 Å². The summed E-state index contributed by atoms with van der Waals surface area (Å²) >= 11 is 0. The maximum Gasteiger partial charge on any atom is 0.0128 e. The van der Waals surface area contributed by atoms with Gasteiger partial charge in [0.1, 0.15) is 0 Å². The number of nitrogens with one attached hydrogen (secondary N) is 1. The van der Waals surface area contributed by atoms with Gasteiger partial charge in [0.25, 0.3) is 0 Å². The van der Waals surface area contributed by atoms with Gasteiger partial charge in [-0.1, -0.05) is 33.6 Å². The first-order valence-corrected chi connectivity index (χ1v) is 8.82. The highest BCUT2D eigenvalue weighted by Crippen LogP contribution is 2.41. The van der Waals surface area contributed by atoms with E-state index in [1.165, 1.54) is 51.4 Å². The zero-order chi connectivity index (χ0) is 14.8. The highest BCUT2D eigenvalue weighted by molar-refractivity contribution is 4.92. The van der Waals surface area contributed by atoms with Gasteiger partial charge in [0, 0.05) is 18.1 Å². The van der Waals surface area contributed by atoms with Crippen LogP contribution in [-0.4, -0.2) is 37.1 Å². The van der Waals surface area contributed by atoms with Crippen molar-refractivity contribution in [2.24, 2.45) is 11.3 Å². The van der Waals surface area contributed by atoms with Gasteiger partial charge >= 0.3 is 0 Å². The maximum atomic E-state index is 3.46. The standard InChI is InChI=1S/C18H36N2/c1-18(2,3)16-8-6-7-9-17(16)20(5)15-12-10-14(19-4)11-13-15/h14-17,19H,6-13H2,1-5H3. The molecular formula is C18H36N2. The second-order valence-electron chi connectivity index (χ2n) is 8.28. The van der Waals surface area contributed by atoms with E-state index in [2.05, 4.69) is 45.1 Å². The van der Waals surface area contributed by atoms with Crippen molar-refractivity contribution < 1.29 is 0 Å². The Morgan fingerprint density at radius 1 is 0.900 bits per heavy atom. The fourth-order valence-corrected chi connectivity index (χ4v) is 4.65. The Balaban J connectivity index is 1.97. The molecule has 2 unspecified atom stereocenters. The lowest BCUT2D eigenvalue weighted by Crippen LogP contribution is -2.51. The van der Waals surface area contributed by atoms with E-state index in [1.807, 2.05) is 0 Å². The minimum atomic E-state index is 0.460. The van der Waals surface area contributed by atoms with Crippen molar-refractivity contribution in [1.29, 1.82) is 0 Å². The van der Waals surface area contributed by atoms with Crippen LogP contribution in [0.1, 0.15) is 72.1 Å². The Morgan fingerprint density at radius 2 is 1.50 bits per heavy atom. The molecule has 1 N–H and O–H groups in total. The van der Waals surface area contributed by atoms with E-state index >= 15 is 0 Å². The smallest absolute Gasteiger partial charge is 0.0128 e. The summed E-state index contributed by atoms with van der Waals surface area (Å²) in [6, 6.07) is 2.41. The first-order chi connectivity index (χ1) is 9.43. The molecule has 0 aromatic heterocycles. The molecule has 0 bridgehead atoms. The van der Waals surface area contributed by atoms with E-state index in [1.54, 1.807) is 0 Å². The summed E-state index contributed by atoms with van der Waals surface area (Å²) < 4.78 is 0. The average Bonchev–Trinajstić information content (AvgIpc) is 2.46. The monoisotopic (exact) mass is 280 g/mol. The molecule has 118 valence electrons. The number of hydrogen-bond acceptors (Lipinski definition) is 2. The van der Waals surface area contributed by atoms with Gasteiger partial charge in [0.05, 0.1) is 0 Å². The molecule has 2 heteroatoms. The molecule has 2 saturated carbocycles. The molecule has 0 amide bonds. The fraction of sp³-hybridized carbons (Fsp3) is 1.00. The molecule has 0 aliphatic heterocycles. The lowest BCUT2D eigenvalue weighted by Gasteiger charge is -2.48. The minimum Gasteiger partial charge on any atom is -0.317 e. The van der Waals surface area contributed by atoms with Crippen LogP contribution in [0.3, 0.4) is 0 Å². The van der Waals surface area contributed by atoms with Crippen molar-refractivity contribution in [1.82, 2.24) is 10.2 Å². The van der Waals surface area contributed by atoms with Crippen LogP contribution in [0, 0.1) is 11.3 Å². The zero-order valence-electron chi connectivity index (χ0n) is 14.4. The summed E-state index contributed by atoms with van der Waals surface area (Å²) in [5.41, 5.74) is 0.460. The van der Waals surface area contributed by atoms with Gasteiger partial charge in [-0.2, -0.15) is 0 Å². The van der Waals surface area contributed by atoms with Gasteiger partial charge in [0.15, 0.2) is 0 Å². The van der Waals surface area contributed by atoms with Crippen LogP contribution in [0.15, 0.2) is 0 Å². The predicted octanol–water partition coefficient (Wildman–Crippen LogP) is 4.05. The maximum absolute atomic E-state index is 3.46. The van der Waals surface area contributed by atoms with Crippen LogP contribution < -0.4 is 5.32 Å². The van der Waals surface area contributed by atoms with E-state index in [-0.39, 0.29) is 0 Å². The molecule has 0 heterocycles. The van der Waals surface area contributed by atoms with Crippen molar-refractivity contribution in [3.63, 3.8) is 0 Å². The first-order valence-electron chi connectivity index (χ1n) is 8.82. The Kier molecular flexibility index (Phi) is 5.53. The van der Waals surface area contributed by atoms with E-state index in [0.29, 0.717) is 5.41 Å². The molecule has 0 radical (unpaired) electrons. The Labute approximate surface area is 126 Å². The Hall–Kier alpha value is -0.0800. The average molecular weight is 280 g/mol. The molecule has 2 nitrogen and oxygen atoms in total. The molecule has 2 rings (SSSR count). The third-order valence-electron chi connectivity index (χ3n) is 6.05. The van der Waals surface area contributed by atoms with E-state index < -0.39 is 0 Å². The van der Waals surface area contributed by atoms with Gasteiger partial charge < -0.3 is 10.2 Å². The molecular weight excluding hydrogens is 244 g/mol. The number of nitrogens with zero attached hydrogens (tertiary/aromatic N) is 1. The highest BCUT2D eigenvalue weighted by atomic mass is 15.2. The van der Waals surface area contributed by atoms with Crippen LogP contribution in [0.4, 0.5) is 0 Å². The quantitative estimate of drug-likeness (QED) is 0.839. The molecule has 2 atom stereocenters. The Morgan fingerprint density at radius 3 is 2.05 bits per heavy atom. The molecule has 0 aromatic rings. The Bertz CT molecular complexity index is 286. The molecule has 0 aromatic carbocycles. The van der Waals surface area contributed by atoms with Crippen LogP contribution in [0.5, 0.6) is 0 Å². The summed E-state index contributed by atoms with van der Waals surface area (Å²) in [6.07, 6.45) is 11.2. The largest absolute Gasteiger partial charge is 0.317 e. The lowest BCUT2D eigenvalue weighted by molar-refractivity contribution is 0.0203.